The molecule has 1 heterocycles. The summed E-state index contributed by atoms with van der Waals surface area (Å²) in [5.41, 5.74) is 4.61. The van der Waals surface area contributed by atoms with Gasteiger partial charge in [-0.05, 0) is 30.0 Å². The lowest BCUT2D eigenvalue weighted by Crippen LogP contribution is -2.29. The highest BCUT2D eigenvalue weighted by molar-refractivity contribution is 6.46. The molecule has 4 heteroatoms. The minimum atomic E-state index is -0.654. The molecule has 0 aromatic heterocycles. The standard InChI is InChI=1S/C27H25NO3/c1-3-19-11-15-21(16-12-19)24-23(25(29)22-13-9-18(2)10-14-22)26(30)27(31)28(24)17-20-7-5-4-6-8-20/h4-16,24,29H,3,17H2,1-2H3. The van der Waals surface area contributed by atoms with Crippen molar-refractivity contribution >= 4 is 17.4 Å². The van der Waals surface area contributed by atoms with E-state index in [0.717, 1.165) is 23.1 Å². The van der Waals surface area contributed by atoms with Gasteiger partial charge in [0.2, 0.25) is 0 Å². The number of benzene rings is 3. The lowest BCUT2D eigenvalue weighted by molar-refractivity contribution is -0.140. The van der Waals surface area contributed by atoms with Crippen LogP contribution in [0.15, 0.2) is 84.4 Å². The van der Waals surface area contributed by atoms with Crippen molar-refractivity contribution in [2.45, 2.75) is 32.9 Å². The summed E-state index contributed by atoms with van der Waals surface area (Å²) < 4.78 is 0. The predicted octanol–water partition coefficient (Wildman–Crippen LogP) is 5.18. The summed E-state index contributed by atoms with van der Waals surface area (Å²) in [5, 5.41) is 11.1. The number of amides is 1. The first-order valence-corrected chi connectivity index (χ1v) is 10.5. The number of carbonyl (C=O) groups excluding carboxylic acids is 2. The van der Waals surface area contributed by atoms with Gasteiger partial charge in [-0.25, -0.2) is 0 Å². The van der Waals surface area contributed by atoms with Crippen molar-refractivity contribution in [1.29, 1.82) is 0 Å². The van der Waals surface area contributed by atoms with Gasteiger partial charge in [0, 0.05) is 12.1 Å². The molecule has 1 saturated heterocycles. The second-order valence-electron chi connectivity index (χ2n) is 7.87. The number of Topliss-reactive ketones (excluding diaryl/α,β-unsaturated/α-hetero) is 1. The molecule has 1 atom stereocenters. The number of likely N-dealkylation sites (tertiary alicyclic amines) is 1. The Kier molecular flexibility index (Phi) is 5.72. The van der Waals surface area contributed by atoms with Crippen LogP contribution < -0.4 is 0 Å². The molecule has 4 nitrogen and oxygen atoms in total. The summed E-state index contributed by atoms with van der Waals surface area (Å²) in [5.74, 6) is -1.39. The molecule has 1 amide bonds. The van der Waals surface area contributed by atoms with Crippen LogP contribution in [0.1, 0.15) is 40.8 Å². The van der Waals surface area contributed by atoms with Crippen molar-refractivity contribution in [2.75, 3.05) is 0 Å². The molecule has 1 aliphatic rings. The fourth-order valence-corrected chi connectivity index (χ4v) is 3.97. The van der Waals surface area contributed by atoms with Gasteiger partial charge in [0.25, 0.3) is 11.7 Å². The monoisotopic (exact) mass is 411 g/mol. The number of rotatable bonds is 5. The van der Waals surface area contributed by atoms with Crippen molar-refractivity contribution in [3.8, 4) is 0 Å². The number of aliphatic hydroxyl groups excluding tert-OH is 1. The third kappa shape index (κ3) is 4.02. The Morgan fingerprint density at radius 2 is 1.52 bits per heavy atom. The lowest BCUT2D eigenvalue weighted by atomic mass is 9.94. The minimum absolute atomic E-state index is 0.133. The van der Waals surface area contributed by atoms with Crippen molar-refractivity contribution in [1.82, 2.24) is 4.90 Å². The van der Waals surface area contributed by atoms with E-state index in [0.29, 0.717) is 5.56 Å². The van der Waals surface area contributed by atoms with Gasteiger partial charge < -0.3 is 10.0 Å². The second kappa shape index (κ2) is 8.60. The summed E-state index contributed by atoms with van der Waals surface area (Å²) in [6, 6.07) is 24.1. The molecule has 1 N–H and O–H groups in total. The highest BCUT2D eigenvalue weighted by Gasteiger charge is 2.46. The zero-order chi connectivity index (χ0) is 22.0. The van der Waals surface area contributed by atoms with Gasteiger partial charge in [0.15, 0.2) is 0 Å². The van der Waals surface area contributed by atoms with E-state index in [1.165, 1.54) is 5.56 Å². The van der Waals surface area contributed by atoms with E-state index in [1.807, 2.05) is 73.7 Å². The summed E-state index contributed by atoms with van der Waals surface area (Å²) in [4.78, 5) is 27.7. The summed E-state index contributed by atoms with van der Waals surface area (Å²) in [7, 11) is 0. The van der Waals surface area contributed by atoms with Gasteiger partial charge in [-0.3, -0.25) is 9.59 Å². The molecule has 1 unspecified atom stereocenters. The number of aliphatic hydroxyl groups is 1. The molecule has 3 aromatic carbocycles. The fraction of sp³-hybridized carbons (Fsp3) is 0.185. The van der Waals surface area contributed by atoms with E-state index in [-0.39, 0.29) is 17.9 Å². The molecular formula is C27H25NO3. The number of aryl methyl sites for hydroxylation is 2. The number of carbonyl (C=O) groups is 2. The Bertz CT molecular complexity index is 1130. The van der Waals surface area contributed by atoms with Gasteiger partial charge in [-0.2, -0.15) is 0 Å². The van der Waals surface area contributed by atoms with Crippen LogP contribution in [0.2, 0.25) is 0 Å². The third-order valence-electron chi connectivity index (χ3n) is 5.76. The molecular weight excluding hydrogens is 386 g/mol. The number of hydrogen-bond donors (Lipinski definition) is 1. The van der Waals surface area contributed by atoms with Crippen LogP contribution in [-0.2, 0) is 22.6 Å². The second-order valence-corrected chi connectivity index (χ2v) is 7.87. The Morgan fingerprint density at radius 1 is 0.871 bits per heavy atom. The molecule has 3 aromatic rings. The van der Waals surface area contributed by atoms with Gasteiger partial charge in [0.05, 0.1) is 11.6 Å². The van der Waals surface area contributed by atoms with Gasteiger partial charge >= 0.3 is 0 Å². The molecule has 0 saturated carbocycles. The van der Waals surface area contributed by atoms with E-state index >= 15 is 0 Å². The maximum Gasteiger partial charge on any atom is 0.295 e. The van der Waals surface area contributed by atoms with Crippen LogP contribution in [0.4, 0.5) is 0 Å². The van der Waals surface area contributed by atoms with Gasteiger partial charge in [-0.15, -0.1) is 0 Å². The van der Waals surface area contributed by atoms with Crippen LogP contribution >= 0.6 is 0 Å². The van der Waals surface area contributed by atoms with Crippen molar-refractivity contribution in [2.24, 2.45) is 0 Å². The first-order valence-electron chi connectivity index (χ1n) is 10.5. The largest absolute Gasteiger partial charge is 0.507 e. The first-order chi connectivity index (χ1) is 15.0. The van der Waals surface area contributed by atoms with E-state index < -0.39 is 17.7 Å². The number of hydrogen-bond acceptors (Lipinski definition) is 3. The average Bonchev–Trinajstić information content (AvgIpc) is 3.05. The molecule has 31 heavy (non-hydrogen) atoms. The highest BCUT2D eigenvalue weighted by atomic mass is 16.3. The van der Waals surface area contributed by atoms with Gasteiger partial charge in [0.1, 0.15) is 5.76 Å². The van der Waals surface area contributed by atoms with E-state index in [1.54, 1.807) is 17.0 Å². The molecule has 156 valence electrons. The molecule has 0 radical (unpaired) electrons. The summed E-state index contributed by atoms with van der Waals surface area (Å²) >= 11 is 0. The maximum atomic E-state index is 13.1. The Hall–Kier alpha value is -3.66. The SMILES string of the molecule is CCc1ccc(C2C(=C(O)c3ccc(C)cc3)C(=O)C(=O)N2Cc2ccccc2)cc1. The number of ketones is 1. The van der Waals surface area contributed by atoms with Gasteiger partial charge in [-0.1, -0.05) is 91.3 Å². The smallest absolute Gasteiger partial charge is 0.295 e. The minimum Gasteiger partial charge on any atom is -0.507 e. The van der Waals surface area contributed by atoms with Crippen LogP contribution in [0.3, 0.4) is 0 Å². The van der Waals surface area contributed by atoms with Crippen molar-refractivity contribution in [3.05, 3.63) is 112 Å². The zero-order valence-electron chi connectivity index (χ0n) is 17.7. The maximum absolute atomic E-state index is 13.1. The lowest BCUT2D eigenvalue weighted by Gasteiger charge is -2.25. The fourth-order valence-electron chi connectivity index (χ4n) is 3.97. The Balaban J connectivity index is 1.85. The topological polar surface area (TPSA) is 57.6 Å². The molecule has 0 spiro atoms. The summed E-state index contributed by atoms with van der Waals surface area (Å²) in [6.45, 7) is 4.32. The molecule has 1 fully saturated rings. The Labute approximate surface area is 182 Å². The zero-order valence-corrected chi connectivity index (χ0v) is 17.7. The van der Waals surface area contributed by atoms with Crippen LogP contribution in [-0.4, -0.2) is 21.7 Å². The van der Waals surface area contributed by atoms with E-state index in [9.17, 15) is 14.7 Å². The molecule has 0 bridgehead atoms. The van der Waals surface area contributed by atoms with Crippen molar-refractivity contribution < 1.29 is 14.7 Å². The number of nitrogens with zero attached hydrogens (tertiary/aromatic N) is 1. The van der Waals surface area contributed by atoms with Crippen LogP contribution in [0.25, 0.3) is 5.76 Å². The molecule has 0 aliphatic carbocycles. The Morgan fingerprint density at radius 3 is 2.13 bits per heavy atom. The molecule has 4 rings (SSSR count). The van der Waals surface area contributed by atoms with E-state index in [2.05, 4.69) is 6.92 Å². The van der Waals surface area contributed by atoms with E-state index in [4.69, 9.17) is 0 Å². The predicted molar refractivity (Wildman–Crippen MR) is 121 cm³/mol. The van der Waals surface area contributed by atoms with Crippen LogP contribution in [0.5, 0.6) is 0 Å². The average molecular weight is 412 g/mol. The molecule has 1 aliphatic heterocycles. The normalized spacial score (nSPS) is 17.9. The van der Waals surface area contributed by atoms with Crippen LogP contribution in [0, 0.1) is 6.92 Å². The third-order valence-corrected chi connectivity index (χ3v) is 5.76. The highest BCUT2D eigenvalue weighted by Crippen LogP contribution is 2.40. The quantitative estimate of drug-likeness (QED) is 0.358. The first kappa shape index (κ1) is 20.6. The summed E-state index contributed by atoms with van der Waals surface area (Å²) in [6.07, 6.45) is 0.897. The van der Waals surface area contributed by atoms with Crippen molar-refractivity contribution in [3.63, 3.8) is 0 Å².